The normalized spacial score (nSPS) is 23.8. The van der Waals surface area contributed by atoms with Crippen molar-refractivity contribution >= 4 is 11.3 Å². The molecule has 2 heterocycles. The highest BCUT2D eigenvalue weighted by atomic mass is 32.1. The maximum absolute atomic E-state index is 3.59. The Balaban J connectivity index is 1.74. The van der Waals surface area contributed by atoms with Crippen LogP contribution >= 0.6 is 11.3 Å². The fourth-order valence-electron chi connectivity index (χ4n) is 2.89. The number of nitrogens with zero attached hydrogens (tertiary/aromatic N) is 1. The predicted octanol–water partition coefficient (Wildman–Crippen LogP) is 3.49. The van der Waals surface area contributed by atoms with Gasteiger partial charge < -0.3 is 5.32 Å². The molecule has 0 aromatic carbocycles. The van der Waals surface area contributed by atoms with E-state index in [0.29, 0.717) is 6.04 Å². The number of nitrogens with one attached hydrogen (secondary N) is 1. The minimum atomic E-state index is 0.651. The molecule has 1 N–H and O–H groups in total. The van der Waals surface area contributed by atoms with Crippen molar-refractivity contribution in [3.63, 3.8) is 0 Å². The highest BCUT2D eigenvalue weighted by Crippen LogP contribution is 2.18. The van der Waals surface area contributed by atoms with E-state index in [1.165, 1.54) is 37.1 Å². The summed E-state index contributed by atoms with van der Waals surface area (Å²) in [5, 5.41) is 5.74. The van der Waals surface area contributed by atoms with E-state index in [1.54, 1.807) is 0 Å². The van der Waals surface area contributed by atoms with Gasteiger partial charge in [-0.2, -0.15) is 0 Å². The van der Waals surface area contributed by atoms with Crippen LogP contribution in [-0.4, -0.2) is 30.1 Å². The van der Waals surface area contributed by atoms with Crippen LogP contribution in [0.1, 0.15) is 44.4 Å². The molecule has 0 bridgehead atoms. The van der Waals surface area contributed by atoms with Gasteiger partial charge in [0.05, 0.1) is 0 Å². The molecule has 102 valence electrons. The first-order valence-electron chi connectivity index (χ1n) is 7.26. The summed E-state index contributed by atoms with van der Waals surface area (Å²) in [6.45, 7) is 8.15. The molecule has 3 heteroatoms. The number of hydrogen-bond acceptors (Lipinski definition) is 3. The maximum Gasteiger partial charge on any atom is 0.0300 e. The molecule has 0 amide bonds. The molecule has 0 saturated carbocycles. The molecule has 1 aliphatic heterocycles. The first kappa shape index (κ1) is 14.0. The van der Waals surface area contributed by atoms with Gasteiger partial charge in [0.15, 0.2) is 0 Å². The van der Waals surface area contributed by atoms with Gasteiger partial charge in [0.2, 0.25) is 0 Å². The predicted molar refractivity (Wildman–Crippen MR) is 80.1 cm³/mol. The van der Waals surface area contributed by atoms with E-state index >= 15 is 0 Å². The van der Waals surface area contributed by atoms with Gasteiger partial charge in [-0.15, -0.1) is 11.3 Å². The molecule has 2 unspecified atom stereocenters. The lowest BCUT2D eigenvalue weighted by Gasteiger charge is -2.33. The minimum Gasteiger partial charge on any atom is -0.310 e. The maximum atomic E-state index is 3.59. The molecule has 2 rings (SSSR count). The Morgan fingerprint density at radius 3 is 3.11 bits per heavy atom. The number of hydrogen-bond donors (Lipinski definition) is 1. The Kier molecular flexibility index (Phi) is 5.67. The van der Waals surface area contributed by atoms with Crippen LogP contribution < -0.4 is 5.32 Å². The topological polar surface area (TPSA) is 15.3 Å². The fourth-order valence-corrected chi connectivity index (χ4v) is 3.56. The standard InChI is InChI=1S/C15H26N2S/c1-13-7-4-3-5-9-17(13)14(2)11-16-12-15-8-6-10-18-15/h6,8,10,13-14,16H,3-5,7,9,11-12H2,1-2H3. The van der Waals surface area contributed by atoms with Gasteiger partial charge in [-0.25, -0.2) is 0 Å². The molecule has 1 aromatic rings. The SMILES string of the molecule is CC1CCCCCN1C(C)CNCc1cccs1. The average Bonchev–Trinajstić information content (AvgIpc) is 2.77. The van der Waals surface area contributed by atoms with E-state index in [-0.39, 0.29) is 0 Å². The Labute approximate surface area is 115 Å². The van der Waals surface area contributed by atoms with Crippen molar-refractivity contribution in [2.75, 3.05) is 13.1 Å². The lowest BCUT2D eigenvalue weighted by molar-refractivity contribution is 0.154. The van der Waals surface area contributed by atoms with Gasteiger partial charge in [-0.05, 0) is 44.7 Å². The van der Waals surface area contributed by atoms with Gasteiger partial charge in [-0.1, -0.05) is 18.9 Å². The number of rotatable bonds is 5. The summed E-state index contributed by atoms with van der Waals surface area (Å²) in [6, 6.07) is 5.74. The smallest absolute Gasteiger partial charge is 0.0300 e. The van der Waals surface area contributed by atoms with Gasteiger partial charge in [0.1, 0.15) is 0 Å². The molecule has 2 atom stereocenters. The van der Waals surface area contributed by atoms with Crippen LogP contribution in [0, 0.1) is 0 Å². The van der Waals surface area contributed by atoms with Crippen molar-refractivity contribution in [2.45, 2.75) is 58.2 Å². The van der Waals surface area contributed by atoms with Crippen molar-refractivity contribution in [1.29, 1.82) is 0 Å². The van der Waals surface area contributed by atoms with Crippen molar-refractivity contribution < 1.29 is 0 Å². The molecule has 0 spiro atoms. The summed E-state index contributed by atoms with van der Waals surface area (Å²) in [4.78, 5) is 4.13. The fraction of sp³-hybridized carbons (Fsp3) is 0.733. The second-order valence-electron chi connectivity index (χ2n) is 5.50. The van der Waals surface area contributed by atoms with E-state index in [2.05, 4.69) is 41.6 Å². The third kappa shape index (κ3) is 4.08. The van der Waals surface area contributed by atoms with Crippen molar-refractivity contribution in [3.8, 4) is 0 Å². The summed E-state index contributed by atoms with van der Waals surface area (Å²) in [6.07, 6.45) is 5.57. The van der Waals surface area contributed by atoms with Crippen LogP contribution in [0.15, 0.2) is 17.5 Å². The lowest BCUT2D eigenvalue weighted by Crippen LogP contribution is -2.44. The number of thiophene rings is 1. The van der Waals surface area contributed by atoms with E-state index in [4.69, 9.17) is 0 Å². The molecule has 2 nitrogen and oxygen atoms in total. The van der Waals surface area contributed by atoms with Crippen LogP contribution in [0.3, 0.4) is 0 Å². The quantitative estimate of drug-likeness (QED) is 0.877. The Morgan fingerprint density at radius 1 is 1.44 bits per heavy atom. The second kappa shape index (κ2) is 7.27. The average molecular weight is 266 g/mol. The van der Waals surface area contributed by atoms with E-state index < -0.39 is 0 Å². The minimum absolute atomic E-state index is 0.651. The summed E-state index contributed by atoms with van der Waals surface area (Å²) >= 11 is 1.84. The van der Waals surface area contributed by atoms with E-state index in [1.807, 2.05) is 11.3 Å². The van der Waals surface area contributed by atoms with Gasteiger partial charge in [-0.3, -0.25) is 4.90 Å². The first-order valence-corrected chi connectivity index (χ1v) is 8.14. The lowest BCUT2D eigenvalue weighted by atomic mass is 10.1. The summed E-state index contributed by atoms with van der Waals surface area (Å²) in [5.74, 6) is 0. The molecule has 1 saturated heterocycles. The molecule has 1 aliphatic rings. The van der Waals surface area contributed by atoms with Gasteiger partial charge in [0, 0.05) is 30.1 Å². The van der Waals surface area contributed by atoms with Crippen molar-refractivity contribution in [3.05, 3.63) is 22.4 Å². The van der Waals surface area contributed by atoms with Gasteiger partial charge >= 0.3 is 0 Å². The highest BCUT2D eigenvalue weighted by molar-refractivity contribution is 7.09. The van der Waals surface area contributed by atoms with E-state index in [0.717, 1.165) is 19.1 Å². The monoisotopic (exact) mass is 266 g/mol. The first-order chi connectivity index (χ1) is 8.77. The summed E-state index contributed by atoms with van der Waals surface area (Å²) < 4.78 is 0. The molecular weight excluding hydrogens is 240 g/mol. The highest BCUT2D eigenvalue weighted by Gasteiger charge is 2.21. The zero-order valence-electron chi connectivity index (χ0n) is 11.7. The molecule has 0 aliphatic carbocycles. The molecular formula is C15H26N2S. The molecule has 18 heavy (non-hydrogen) atoms. The number of likely N-dealkylation sites (tertiary alicyclic amines) is 1. The van der Waals surface area contributed by atoms with Crippen LogP contribution in [-0.2, 0) is 6.54 Å². The summed E-state index contributed by atoms with van der Waals surface area (Å²) in [7, 11) is 0. The summed E-state index contributed by atoms with van der Waals surface area (Å²) in [5.41, 5.74) is 0. The van der Waals surface area contributed by atoms with Crippen LogP contribution in [0.5, 0.6) is 0 Å². The third-order valence-corrected chi connectivity index (χ3v) is 4.87. The zero-order valence-corrected chi connectivity index (χ0v) is 12.5. The second-order valence-corrected chi connectivity index (χ2v) is 6.53. The molecule has 1 aromatic heterocycles. The van der Waals surface area contributed by atoms with Crippen LogP contribution in [0.2, 0.25) is 0 Å². The Hall–Kier alpha value is -0.380. The Bertz CT molecular complexity index is 323. The Morgan fingerprint density at radius 2 is 2.33 bits per heavy atom. The van der Waals surface area contributed by atoms with Crippen molar-refractivity contribution in [1.82, 2.24) is 10.2 Å². The largest absolute Gasteiger partial charge is 0.310 e. The van der Waals surface area contributed by atoms with E-state index in [9.17, 15) is 0 Å². The van der Waals surface area contributed by atoms with Gasteiger partial charge in [0.25, 0.3) is 0 Å². The van der Waals surface area contributed by atoms with Crippen LogP contribution in [0.4, 0.5) is 0 Å². The van der Waals surface area contributed by atoms with Crippen LogP contribution in [0.25, 0.3) is 0 Å². The van der Waals surface area contributed by atoms with Crippen molar-refractivity contribution in [2.24, 2.45) is 0 Å². The molecule has 1 fully saturated rings. The molecule has 0 radical (unpaired) electrons. The zero-order chi connectivity index (χ0) is 12.8. The third-order valence-electron chi connectivity index (χ3n) is 3.99.